The quantitative estimate of drug-likeness (QED) is 0.0222. The molecule has 3 N–H and O–H groups in total. The van der Waals surface area contributed by atoms with Gasteiger partial charge < -0.3 is 33.8 Å². The minimum atomic E-state index is -4.95. The third kappa shape index (κ3) is 60.9. The number of aliphatic hydroxyl groups excluding tert-OH is 1. The normalized spacial score (nSPS) is 14.2. The van der Waals surface area contributed by atoms with Crippen molar-refractivity contribution in [2.75, 3.05) is 39.6 Å². The lowest BCUT2D eigenvalue weighted by Crippen LogP contribution is -2.30. The van der Waals surface area contributed by atoms with Gasteiger partial charge in [-0.1, -0.05) is 291 Å². The van der Waals surface area contributed by atoms with E-state index in [0.717, 1.165) is 109 Å². The molecule has 0 rings (SSSR count). The fourth-order valence-electron chi connectivity index (χ4n) is 10.1. The Morgan fingerprint density at radius 1 is 0.314 bits per heavy atom. The summed E-state index contributed by atoms with van der Waals surface area (Å²) in [6, 6.07) is 0. The highest BCUT2D eigenvalue weighted by molar-refractivity contribution is 7.47. The lowest BCUT2D eigenvalue weighted by Gasteiger charge is -2.21. The first kappa shape index (κ1) is 84.1. The summed E-state index contributed by atoms with van der Waals surface area (Å²) in [7, 11) is -9.88. The summed E-state index contributed by atoms with van der Waals surface area (Å²) in [6.45, 7) is 7.19. The molecule has 0 amide bonds. The van der Waals surface area contributed by atoms with Crippen LogP contribution in [-0.2, 0) is 65.4 Å². The van der Waals surface area contributed by atoms with Crippen molar-refractivity contribution in [3.63, 3.8) is 0 Å². The third-order valence-corrected chi connectivity index (χ3v) is 17.4. The predicted molar refractivity (Wildman–Crippen MR) is 345 cm³/mol. The summed E-state index contributed by atoms with van der Waals surface area (Å²) in [5, 5.41) is 10.5. The van der Waals surface area contributed by atoms with Crippen LogP contribution in [-0.4, -0.2) is 96.7 Å². The molecule has 510 valence electrons. The molecule has 2 unspecified atom stereocenters. The van der Waals surface area contributed by atoms with E-state index in [-0.39, 0.29) is 25.7 Å². The maximum atomic E-state index is 13.0. The smallest absolute Gasteiger partial charge is 0.462 e. The van der Waals surface area contributed by atoms with Crippen LogP contribution in [0.1, 0.15) is 343 Å². The molecule has 0 aliphatic rings. The highest BCUT2D eigenvalue weighted by Gasteiger charge is 2.30. The Hall–Kier alpha value is -1.94. The van der Waals surface area contributed by atoms with E-state index >= 15 is 0 Å². The Balaban J connectivity index is 5.15. The van der Waals surface area contributed by atoms with Crippen molar-refractivity contribution < 1.29 is 80.2 Å². The number of esters is 4. The zero-order chi connectivity index (χ0) is 63.5. The van der Waals surface area contributed by atoms with Crippen LogP contribution in [0.3, 0.4) is 0 Å². The van der Waals surface area contributed by atoms with Gasteiger partial charge in [-0.05, 0) is 31.6 Å². The number of phosphoric acid groups is 2. The molecule has 0 fully saturated rings. The van der Waals surface area contributed by atoms with Gasteiger partial charge in [0.15, 0.2) is 12.2 Å². The molecule has 19 heteroatoms. The standard InChI is InChI=1S/C67H130O17P2/c1-6-9-12-15-18-20-27-32-36-41-46-51-65(70)78-57-63(84-67(72)53-48-43-38-33-29-26-24-22-21-23-25-28-31-35-39-44-49-60(4)5)59-82-86(75,76)80-55-61(68)54-79-85(73,74)81-58-62(56-77-64(69)50-45-40-34-17-14-11-8-3)83-66(71)52-47-42-37-30-19-16-13-10-7-2/h60-63,68H,6-59H2,1-5H3,(H,73,74)(H,75,76)/t61-,62+,63+/m0/s1. The molecule has 0 bridgehead atoms. The monoisotopic (exact) mass is 1270 g/mol. The summed E-state index contributed by atoms with van der Waals surface area (Å²) in [5.74, 6) is -1.32. The molecule has 0 saturated carbocycles. The second kappa shape index (κ2) is 60.6. The van der Waals surface area contributed by atoms with Crippen LogP contribution in [0.5, 0.6) is 0 Å². The van der Waals surface area contributed by atoms with Crippen molar-refractivity contribution in [2.45, 2.75) is 361 Å². The van der Waals surface area contributed by atoms with Gasteiger partial charge in [-0.2, -0.15) is 0 Å². The van der Waals surface area contributed by atoms with E-state index in [1.165, 1.54) is 154 Å². The van der Waals surface area contributed by atoms with Crippen LogP contribution >= 0.6 is 15.6 Å². The predicted octanol–water partition coefficient (Wildman–Crippen LogP) is 19.0. The second-order valence-corrected chi connectivity index (χ2v) is 27.6. The van der Waals surface area contributed by atoms with Crippen molar-refractivity contribution in [1.29, 1.82) is 0 Å². The highest BCUT2D eigenvalue weighted by Crippen LogP contribution is 2.45. The van der Waals surface area contributed by atoms with E-state index in [4.69, 9.17) is 37.0 Å². The summed E-state index contributed by atoms with van der Waals surface area (Å²) in [5.41, 5.74) is 0. The lowest BCUT2D eigenvalue weighted by molar-refractivity contribution is -0.161. The molecule has 0 aromatic rings. The van der Waals surface area contributed by atoms with E-state index in [9.17, 15) is 43.2 Å². The number of carbonyl (C=O) groups is 4. The van der Waals surface area contributed by atoms with Crippen LogP contribution in [0.4, 0.5) is 0 Å². The largest absolute Gasteiger partial charge is 0.472 e. The first-order chi connectivity index (χ1) is 41.5. The summed E-state index contributed by atoms with van der Waals surface area (Å²) >= 11 is 0. The van der Waals surface area contributed by atoms with Crippen molar-refractivity contribution in [1.82, 2.24) is 0 Å². The van der Waals surface area contributed by atoms with Gasteiger partial charge in [0.25, 0.3) is 0 Å². The minimum Gasteiger partial charge on any atom is -0.462 e. The van der Waals surface area contributed by atoms with Crippen LogP contribution in [0.15, 0.2) is 0 Å². The molecule has 86 heavy (non-hydrogen) atoms. The van der Waals surface area contributed by atoms with Crippen LogP contribution < -0.4 is 0 Å². The van der Waals surface area contributed by atoms with Crippen LogP contribution in [0.2, 0.25) is 0 Å². The number of ether oxygens (including phenoxy) is 4. The zero-order valence-electron chi connectivity index (χ0n) is 55.4. The Bertz CT molecular complexity index is 1670. The van der Waals surface area contributed by atoms with Gasteiger partial charge in [-0.25, -0.2) is 9.13 Å². The molecule has 0 radical (unpaired) electrons. The fourth-order valence-corrected chi connectivity index (χ4v) is 11.7. The average molecular weight is 1270 g/mol. The first-order valence-electron chi connectivity index (χ1n) is 35.1. The van der Waals surface area contributed by atoms with Gasteiger partial charge in [0, 0.05) is 25.7 Å². The van der Waals surface area contributed by atoms with Gasteiger partial charge in [-0.15, -0.1) is 0 Å². The highest BCUT2D eigenvalue weighted by atomic mass is 31.2. The minimum absolute atomic E-state index is 0.106. The van der Waals surface area contributed by atoms with Gasteiger partial charge in [-0.3, -0.25) is 37.3 Å². The first-order valence-corrected chi connectivity index (χ1v) is 38.1. The molecule has 0 aliphatic carbocycles. The third-order valence-electron chi connectivity index (χ3n) is 15.5. The van der Waals surface area contributed by atoms with E-state index in [1.807, 2.05) is 0 Å². The Kier molecular flexibility index (Phi) is 59.2. The summed E-state index contributed by atoms with van der Waals surface area (Å²) in [4.78, 5) is 72.2. The molecular formula is C67H130O17P2. The maximum absolute atomic E-state index is 13.0. The molecule has 0 aromatic heterocycles. The van der Waals surface area contributed by atoms with Gasteiger partial charge >= 0.3 is 39.5 Å². The molecule has 0 spiro atoms. The number of rotatable bonds is 67. The topological polar surface area (TPSA) is 237 Å². The second-order valence-electron chi connectivity index (χ2n) is 24.7. The molecule has 0 saturated heterocycles. The molecule has 17 nitrogen and oxygen atoms in total. The summed E-state index contributed by atoms with van der Waals surface area (Å²) in [6.07, 6.45) is 46.0. The number of phosphoric ester groups is 2. The number of carbonyl (C=O) groups excluding carboxylic acids is 4. The molecule has 5 atom stereocenters. The molecule has 0 aliphatic heterocycles. The van der Waals surface area contributed by atoms with Crippen LogP contribution in [0, 0.1) is 5.92 Å². The van der Waals surface area contributed by atoms with Crippen molar-refractivity contribution in [3.8, 4) is 0 Å². The number of aliphatic hydroxyl groups is 1. The SMILES string of the molecule is CCCCCCCCCCCCCC(=O)OC[C@H](COP(=O)(O)OC[C@@H](O)COP(=O)(O)OC[C@@H](COC(=O)CCCCCCCCC)OC(=O)CCCCCCCCCCC)OC(=O)CCCCCCCCCCCCCCCCCCC(C)C. The van der Waals surface area contributed by atoms with Crippen LogP contribution in [0.25, 0.3) is 0 Å². The molecule has 0 aromatic carbocycles. The van der Waals surface area contributed by atoms with Crippen molar-refractivity contribution >= 4 is 39.5 Å². The van der Waals surface area contributed by atoms with Crippen molar-refractivity contribution in [2.24, 2.45) is 5.92 Å². The zero-order valence-corrected chi connectivity index (χ0v) is 57.2. The number of hydrogen-bond acceptors (Lipinski definition) is 15. The van der Waals surface area contributed by atoms with E-state index in [2.05, 4.69) is 34.6 Å². The van der Waals surface area contributed by atoms with Crippen molar-refractivity contribution in [3.05, 3.63) is 0 Å². The van der Waals surface area contributed by atoms with Gasteiger partial charge in [0.2, 0.25) is 0 Å². The van der Waals surface area contributed by atoms with Gasteiger partial charge in [0.1, 0.15) is 19.3 Å². The lowest BCUT2D eigenvalue weighted by atomic mass is 10.0. The Labute approximate surface area is 524 Å². The van der Waals surface area contributed by atoms with Gasteiger partial charge in [0.05, 0.1) is 26.4 Å². The van der Waals surface area contributed by atoms with E-state index < -0.39 is 97.5 Å². The maximum Gasteiger partial charge on any atom is 0.472 e. The Morgan fingerprint density at radius 2 is 0.535 bits per heavy atom. The molecular weight excluding hydrogens is 1140 g/mol. The van der Waals surface area contributed by atoms with E-state index in [0.29, 0.717) is 25.7 Å². The average Bonchev–Trinajstić information content (AvgIpc) is 3.69. The number of unbranched alkanes of at least 4 members (excludes halogenated alkanes) is 39. The summed E-state index contributed by atoms with van der Waals surface area (Å²) < 4.78 is 68.0. The Morgan fingerprint density at radius 3 is 0.791 bits per heavy atom. The fraction of sp³-hybridized carbons (Fsp3) is 0.940. The molecule has 0 heterocycles. The van der Waals surface area contributed by atoms with E-state index in [1.54, 1.807) is 0 Å². The number of hydrogen-bond donors (Lipinski definition) is 3.